The van der Waals surface area contributed by atoms with Gasteiger partial charge in [-0.25, -0.2) is 0 Å². The summed E-state index contributed by atoms with van der Waals surface area (Å²) in [6, 6.07) is 5.27. The second-order valence-corrected chi connectivity index (χ2v) is 6.85. The fourth-order valence-electron chi connectivity index (χ4n) is 2.17. The number of aromatic nitrogens is 4. The summed E-state index contributed by atoms with van der Waals surface area (Å²) in [5, 5.41) is 12.3. The zero-order valence-electron chi connectivity index (χ0n) is 12.8. The minimum Gasteiger partial charge on any atom is -0.302 e. The molecule has 0 bridgehead atoms. The van der Waals surface area contributed by atoms with Gasteiger partial charge in [0.1, 0.15) is 5.02 Å². The zero-order chi connectivity index (χ0) is 18.1. The van der Waals surface area contributed by atoms with Crippen molar-refractivity contribution in [2.24, 2.45) is 7.05 Å². The van der Waals surface area contributed by atoms with Crippen molar-refractivity contribution in [2.45, 2.75) is 6.54 Å². The van der Waals surface area contributed by atoms with Crippen LogP contribution in [-0.2, 0) is 13.6 Å². The van der Waals surface area contributed by atoms with Crippen LogP contribution in [0.4, 0.5) is 5.82 Å². The van der Waals surface area contributed by atoms with Crippen molar-refractivity contribution >= 4 is 58.1 Å². The maximum atomic E-state index is 12.2. The normalized spacial score (nSPS) is 10.9. The van der Waals surface area contributed by atoms with Gasteiger partial charge in [-0.05, 0) is 17.7 Å². The molecule has 0 aliphatic heterocycles. The summed E-state index contributed by atoms with van der Waals surface area (Å²) in [6.07, 6.45) is 3.13. The maximum Gasteiger partial charge on any atom is 0.278 e. The zero-order valence-corrected chi connectivity index (χ0v) is 15.8. The fourth-order valence-corrected chi connectivity index (χ4v) is 2.95. The monoisotopic (exact) mass is 417 g/mol. The number of hydrogen-bond acceptors (Lipinski definition) is 3. The van der Waals surface area contributed by atoms with Gasteiger partial charge in [0.05, 0.1) is 21.6 Å². The molecule has 0 fully saturated rings. The summed E-state index contributed by atoms with van der Waals surface area (Å²) in [5.41, 5.74) is 0.985. The minimum atomic E-state index is -0.493. The molecule has 0 atom stereocenters. The van der Waals surface area contributed by atoms with Crippen LogP contribution in [0.1, 0.15) is 16.1 Å². The highest BCUT2D eigenvalue weighted by molar-refractivity contribution is 6.42. The molecule has 0 spiro atoms. The Morgan fingerprint density at radius 3 is 2.44 bits per heavy atom. The van der Waals surface area contributed by atoms with Gasteiger partial charge in [0.2, 0.25) is 0 Å². The van der Waals surface area contributed by atoms with E-state index in [9.17, 15) is 4.79 Å². The van der Waals surface area contributed by atoms with Crippen LogP contribution >= 0.6 is 46.4 Å². The Morgan fingerprint density at radius 1 is 1.04 bits per heavy atom. The molecule has 0 saturated carbocycles. The fraction of sp³-hybridized carbons (Fsp3) is 0.133. The van der Waals surface area contributed by atoms with Crippen molar-refractivity contribution in [1.82, 2.24) is 19.6 Å². The Labute approximate surface area is 163 Å². The lowest BCUT2D eigenvalue weighted by Gasteiger charge is -2.04. The lowest BCUT2D eigenvalue weighted by molar-refractivity contribution is 0.102. The van der Waals surface area contributed by atoms with Crippen molar-refractivity contribution in [3.8, 4) is 0 Å². The summed E-state index contributed by atoms with van der Waals surface area (Å²) < 4.78 is 3.03. The predicted octanol–water partition coefficient (Wildman–Crippen LogP) is 4.53. The van der Waals surface area contributed by atoms with Gasteiger partial charge >= 0.3 is 0 Å². The van der Waals surface area contributed by atoms with Gasteiger partial charge in [0.15, 0.2) is 11.5 Å². The molecule has 0 saturated heterocycles. The standard InChI is InChI=1S/C15H11Cl4N5O/c1-23-6-11(18)13(21-23)15(25)20-14-12(19)7-24(22-14)5-8-2-3-9(16)10(17)4-8/h2-4,6-7H,5H2,1H3,(H,20,22,25). The molecule has 130 valence electrons. The molecule has 1 amide bonds. The van der Waals surface area contributed by atoms with E-state index in [0.717, 1.165) is 5.56 Å². The number of benzene rings is 1. The quantitative estimate of drug-likeness (QED) is 0.676. The number of rotatable bonds is 4. The molecule has 3 aromatic rings. The molecule has 25 heavy (non-hydrogen) atoms. The van der Waals surface area contributed by atoms with Crippen LogP contribution in [0.15, 0.2) is 30.6 Å². The highest BCUT2D eigenvalue weighted by Crippen LogP contribution is 2.25. The summed E-state index contributed by atoms with van der Waals surface area (Å²) in [6.45, 7) is 0.414. The first-order valence-corrected chi connectivity index (χ1v) is 8.52. The van der Waals surface area contributed by atoms with E-state index >= 15 is 0 Å². The second-order valence-electron chi connectivity index (χ2n) is 5.23. The van der Waals surface area contributed by atoms with Gasteiger partial charge in [-0.3, -0.25) is 14.2 Å². The molecule has 0 radical (unpaired) electrons. The molecular formula is C15H11Cl4N5O. The van der Waals surface area contributed by atoms with Crippen molar-refractivity contribution in [1.29, 1.82) is 0 Å². The first-order valence-electron chi connectivity index (χ1n) is 7.01. The Hall–Kier alpha value is -1.73. The molecule has 0 unspecified atom stereocenters. The van der Waals surface area contributed by atoms with Gasteiger partial charge in [0, 0.05) is 19.4 Å². The van der Waals surface area contributed by atoms with Crippen molar-refractivity contribution < 1.29 is 4.79 Å². The second kappa shape index (κ2) is 7.25. The first kappa shape index (κ1) is 18.1. The van der Waals surface area contributed by atoms with Crippen LogP contribution in [0.25, 0.3) is 0 Å². The van der Waals surface area contributed by atoms with Crippen molar-refractivity contribution in [2.75, 3.05) is 5.32 Å². The average molecular weight is 419 g/mol. The van der Waals surface area contributed by atoms with E-state index in [1.807, 2.05) is 6.07 Å². The third-order valence-electron chi connectivity index (χ3n) is 3.28. The summed E-state index contributed by atoms with van der Waals surface area (Å²) in [4.78, 5) is 12.2. The SMILES string of the molecule is Cn1cc(Cl)c(C(=O)Nc2nn(Cc3ccc(Cl)c(Cl)c3)cc2Cl)n1. The van der Waals surface area contributed by atoms with E-state index in [1.54, 1.807) is 30.1 Å². The lowest BCUT2D eigenvalue weighted by atomic mass is 10.2. The number of anilines is 1. The first-order chi connectivity index (χ1) is 11.8. The maximum absolute atomic E-state index is 12.2. The van der Waals surface area contributed by atoms with E-state index in [0.29, 0.717) is 21.6 Å². The van der Waals surface area contributed by atoms with E-state index in [4.69, 9.17) is 46.4 Å². The average Bonchev–Trinajstić information content (AvgIpc) is 3.05. The highest BCUT2D eigenvalue weighted by Gasteiger charge is 2.18. The summed E-state index contributed by atoms with van der Waals surface area (Å²) in [5.74, 6) is -0.277. The van der Waals surface area contributed by atoms with E-state index in [1.165, 1.54) is 10.9 Å². The van der Waals surface area contributed by atoms with E-state index < -0.39 is 5.91 Å². The number of halogens is 4. The van der Waals surface area contributed by atoms with Crippen LogP contribution in [-0.4, -0.2) is 25.5 Å². The Morgan fingerprint density at radius 2 is 1.80 bits per heavy atom. The number of nitrogens with one attached hydrogen (secondary N) is 1. The van der Waals surface area contributed by atoms with Gasteiger partial charge < -0.3 is 5.32 Å². The van der Waals surface area contributed by atoms with E-state index in [2.05, 4.69) is 15.5 Å². The molecular weight excluding hydrogens is 408 g/mol. The number of amides is 1. The molecule has 0 aliphatic rings. The van der Waals surface area contributed by atoms with Crippen LogP contribution in [0.3, 0.4) is 0 Å². The van der Waals surface area contributed by atoms with Crippen LogP contribution in [0.2, 0.25) is 20.1 Å². The number of hydrogen-bond donors (Lipinski definition) is 1. The third-order valence-corrected chi connectivity index (χ3v) is 4.57. The van der Waals surface area contributed by atoms with Gasteiger partial charge in [-0.1, -0.05) is 52.5 Å². The van der Waals surface area contributed by atoms with Crippen LogP contribution in [0, 0.1) is 0 Å². The molecule has 0 aliphatic carbocycles. The number of nitrogens with zero attached hydrogens (tertiary/aromatic N) is 4. The Balaban J connectivity index is 1.77. The third kappa shape index (κ3) is 4.10. The van der Waals surface area contributed by atoms with E-state index in [-0.39, 0.29) is 16.5 Å². The number of aryl methyl sites for hydroxylation is 1. The topological polar surface area (TPSA) is 64.7 Å². The Kier molecular flexibility index (Phi) is 5.24. The van der Waals surface area contributed by atoms with Gasteiger partial charge in [-0.2, -0.15) is 10.2 Å². The Bertz CT molecular complexity index is 950. The highest BCUT2D eigenvalue weighted by atomic mass is 35.5. The molecule has 3 rings (SSSR count). The number of carbonyl (C=O) groups excluding carboxylic acids is 1. The molecule has 2 aromatic heterocycles. The molecule has 1 aromatic carbocycles. The molecule has 1 N–H and O–H groups in total. The van der Waals surface area contributed by atoms with Crippen molar-refractivity contribution in [3.05, 3.63) is 61.9 Å². The largest absolute Gasteiger partial charge is 0.302 e. The molecule has 6 nitrogen and oxygen atoms in total. The summed E-state index contributed by atoms with van der Waals surface area (Å²) in [7, 11) is 1.67. The lowest BCUT2D eigenvalue weighted by Crippen LogP contribution is -2.14. The molecule has 2 heterocycles. The summed E-state index contributed by atoms with van der Waals surface area (Å²) >= 11 is 24.0. The smallest absolute Gasteiger partial charge is 0.278 e. The predicted molar refractivity (Wildman–Crippen MR) is 99.0 cm³/mol. The molecule has 10 heteroatoms. The van der Waals surface area contributed by atoms with Crippen LogP contribution < -0.4 is 5.32 Å². The van der Waals surface area contributed by atoms with Gasteiger partial charge in [0.25, 0.3) is 5.91 Å². The van der Waals surface area contributed by atoms with Gasteiger partial charge in [-0.15, -0.1) is 0 Å². The van der Waals surface area contributed by atoms with Crippen molar-refractivity contribution in [3.63, 3.8) is 0 Å². The number of carbonyl (C=O) groups is 1. The van der Waals surface area contributed by atoms with Crippen LogP contribution in [0.5, 0.6) is 0 Å². The minimum absolute atomic E-state index is 0.0965.